The predicted molar refractivity (Wildman–Crippen MR) is 91.2 cm³/mol. The number of aromatic hydroxyl groups is 1. The van der Waals surface area contributed by atoms with E-state index < -0.39 is 11.8 Å². The molecule has 3 N–H and O–H groups in total. The molecular weight excluding hydrogens is 308 g/mol. The number of carbonyl (C=O) groups is 2. The zero-order chi connectivity index (χ0) is 17.5. The van der Waals surface area contributed by atoms with Crippen LogP contribution in [0.4, 0.5) is 5.69 Å². The maximum Gasteiger partial charge on any atom is 0.313 e. The van der Waals surface area contributed by atoms with Gasteiger partial charge in [-0.1, -0.05) is 18.2 Å². The monoisotopic (exact) mass is 328 g/mol. The van der Waals surface area contributed by atoms with Gasteiger partial charge in [-0.2, -0.15) is 0 Å². The van der Waals surface area contributed by atoms with Crippen LogP contribution in [0.3, 0.4) is 0 Å². The van der Waals surface area contributed by atoms with Gasteiger partial charge in [-0.15, -0.1) is 0 Å². The minimum atomic E-state index is -0.746. The molecule has 2 aromatic rings. The number of anilines is 1. The van der Waals surface area contributed by atoms with Gasteiger partial charge >= 0.3 is 11.8 Å². The molecule has 0 aromatic heterocycles. The molecule has 0 heterocycles. The quantitative estimate of drug-likeness (QED) is 0.733. The molecule has 6 nitrogen and oxygen atoms in total. The van der Waals surface area contributed by atoms with Crippen molar-refractivity contribution in [1.82, 2.24) is 5.32 Å². The summed E-state index contributed by atoms with van der Waals surface area (Å²) in [5, 5.41) is 14.3. The number of phenolic OH excluding ortho intramolecular Hbond substituents is 1. The van der Waals surface area contributed by atoms with E-state index >= 15 is 0 Å². The van der Waals surface area contributed by atoms with Crippen LogP contribution in [-0.2, 0) is 16.0 Å². The van der Waals surface area contributed by atoms with E-state index in [1.807, 2.05) is 13.0 Å². The number of rotatable bonds is 5. The molecule has 0 spiro atoms. The Balaban J connectivity index is 1.87. The molecule has 0 saturated carbocycles. The van der Waals surface area contributed by atoms with Gasteiger partial charge in [0.15, 0.2) is 0 Å². The Labute approximate surface area is 140 Å². The normalized spacial score (nSPS) is 10.1. The topological polar surface area (TPSA) is 87.7 Å². The van der Waals surface area contributed by atoms with Gasteiger partial charge in [0.05, 0.1) is 12.8 Å². The zero-order valence-corrected chi connectivity index (χ0v) is 13.6. The first-order chi connectivity index (χ1) is 11.5. The van der Waals surface area contributed by atoms with Crippen LogP contribution in [0, 0.1) is 6.92 Å². The van der Waals surface area contributed by atoms with Crippen molar-refractivity contribution in [3.05, 3.63) is 53.6 Å². The molecule has 0 unspecified atom stereocenters. The Kier molecular flexibility index (Phi) is 5.78. The summed E-state index contributed by atoms with van der Waals surface area (Å²) in [6.45, 7) is 2.20. The largest absolute Gasteiger partial charge is 0.508 e. The number of hydrogen-bond acceptors (Lipinski definition) is 4. The van der Waals surface area contributed by atoms with Crippen molar-refractivity contribution >= 4 is 17.5 Å². The second-order valence-electron chi connectivity index (χ2n) is 5.33. The van der Waals surface area contributed by atoms with Gasteiger partial charge < -0.3 is 20.5 Å². The highest BCUT2D eigenvalue weighted by molar-refractivity contribution is 6.39. The number of amides is 2. The molecule has 126 valence electrons. The van der Waals surface area contributed by atoms with Gasteiger partial charge in [0.25, 0.3) is 0 Å². The van der Waals surface area contributed by atoms with E-state index in [9.17, 15) is 14.7 Å². The lowest BCUT2D eigenvalue weighted by Gasteiger charge is -2.11. The number of methoxy groups -OCH3 is 1. The fourth-order valence-corrected chi connectivity index (χ4v) is 2.16. The lowest BCUT2D eigenvalue weighted by Crippen LogP contribution is -2.36. The maximum atomic E-state index is 12.0. The summed E-state index contributed by atoms with van der Waals surface area (Å²) >= 11 is 0. The van der Waals surface area contributed by atoms with Gasteiger partial charge in [0.1, 0.15) is 11.5 Å². The maximum absolute atomic E-state index is 12.0. The Hall–Kier alpha value is -3.02. The van der Waals surface area contributed by atoms with Crippen molar-refractivity contribution in [3.8, 4) is 11.5 Å². The third-order valence-corrected chi connectivity index (χ3v) is 3.44. The second kappa shape index (κ2) is 8.01. The van der Waals surface area contributed by atoms with Gasteiger partial charge in [0, 0.05) is 6.54 Å². The fraction of sp³-hybridized carbons (Fsp3) is 0.222. The van der Waals surface area contributed by atoms with E-state index in [-0.39, 0.29) is 5.75 Å². The molecule has 24 heavy (non-hydrogen) atoms. The fourth-order valence-electron chi connectivity index (χ4n) is 2.16. The highest BCUT2D eigenvalue weighted by Crippen LogP contribution is 2.24. The van der Waals surface area contributed by atoms with Crippen molar-refractivity contribution in [3.63, 3.8) is 0 Å². The van der Waals surface area contributed by atoms with Crippen LogP contribution in [0.1, 0.15) is 11.1 Å². The highest BCUT2D eigenvalue weighted by atomic mass is 16.5. The minimum absolute atomic E-state index is 0.189. The molecule has 0 bridgehead atoms. The Morgan fingerprint density at radius 1 is 1.08 bits per heavy atom. The zero-order valence-electron chi connectivity index (χ0n) is 13.6. The molecule has 2 aromatic carbocycles. The van der Waals surface area contributed by atoms with Crippen LogP contribution in [0.5, 0.6) is 11.5 Å². The standard InChI is InChI=1S/C18H20N2O4/c1-12-3-8-16(24-2)15(11-12)20-18(23)17(22)19-10-9-13-4-6-14(21)7-5-13/h3-8,11,21H,9-10H2,1-2H3,(H,19,22)(H,20,23). The number of nitrogens with one attached hydrogen (secondary N) is 2. The van der Waals surface area contributed by atoms with E-state index in [0.29, 0.717) is 24.4 Å². The van der Waals surface area contributed by atoms with Crippen LogP contribution in [-0.4, -0.2) is 30.6 Å². The third-order valence-electron chi connectivity index (χ3n) is 3.44. The molecule has 0 aliphatic heterocycles. The van der Waals surface area contributed by atoms with Crippen molar-refractivity contribution in [2.24, 2.45) is 0 Å². The molecule has 0 saturated heterocycles. The number of hydrogen-bond donors (Lipinski definition) is 3. The molecule has 2 rings (SSSR count). The van der Waals surface area contributed by atoms with Gasteiger partial charge in [0.2, 0.25) is 0 Å². The number of benzene rings is 2. The Morgan fingerprint density at radius 2 is 1.79 bits per heavy atom. The molecule has 0 aliphatic carbocycles. The smallest absolute Gasteiger partial charge is 0.313 e. The summed E-state index contributed by atoms with van der Waals surface area (Å²) in [6.07, 6.45) is 0.563. The summed E-state index contributed by atoms with van der Waals surface area (Å²) < 4.78 is 5.16. The van der Waals surface area contributed by atoms with Crippen LogP contribution in [0.2, 0.25) is 0 Å². The van der Waals surface area contributed by atoms with E-state index in [1.165, 1.54) is 7.11 Å². The van der Waals surface area contributed by atoms with Crippen LogP contribution in [0.25, 0.3) is 0 Å². The van der Waals surface area contributed by atoms with E-state index in [1.54, 1.807) is 36.4 Å². The summed E-state index contributed by atoms with van der Waals surface area (Å²) in [7, 11) is 1.50. The molecular formula is C18H20N2O4. The Morgan fingerprint density at radius 3 is 2.46 bits per heavy atom. The number of phenols is 1. The molecule has 0 radical (unpaired) electrons. The average molecular weight is 328 g/mol. The van der Waals surface area contributed by atoms with Crippen molar-refractivity contribution in [1.29, 1.82) is 0 Å². The molecule has 0 fully saturated rings. The van der Waals surface area contributed by atoms with Crippen LogP contribution < -0.4 is 15.4 Å². The number of aryl methyl sites for hydroxylation is 1. The first-order valence-corrected chi connectivity index (χ1v) is 7.51. The highest BCUT2D eigenvalue weighted by Gasteiger charge is 2.15. The van der Waals surface area contributed by atoms with Gasteiger partial charge in [-0.05, 0) is 48.7 Å². The Bertz CT molecular complexity index is 726. The van der Waals surface area contributed by atoms with Crippen molar-refractivity contribution in [2.75, 3.05) is 19.0 Å². The minimum Gasteiger partial charge on any atom is -0.508 e. The van der Waals surface area contributed by atoms with Crippen molar-refractivity contribution < 1.29 is 19.4 Å². The first-order valence-electron chi connectivity index (χ1n) is 7.51. The molecule has 0 atom stereocenters. The number of ether oxygens (including phenoxy) is 1. The van der Waals surface area contributed by atoms with E-state index in [2.05, 4.69) is 10.6 Å². The van der Waals surface area contributed by atoms with Crippen LogP contribution in [0.15, 0.2) is 42.5 Å². The van der Waals surface area contributed by atoms with E-state index in [4.69, 9.17) is 4.74 Å². The molecule has 2 amide bonds. The van der Waals surface area contributed by atoms with Crippen molar-refractivity contribution in [2.45, 2.75) is 13.3 Å². The van der Waals surface area contributed by atoms with Gasteiger partial charge in [-0.3, -0.25) is 9.59 Å². The molecule has 0 aliphatic rings. The van der Waals surface area contributed by atoms with Gasteiger partial charge in [-0.25, -0.2) is 0 Å². The third kappa shape index (κ3) is 4.74. The summed E-state index contributed by atoms with van der Waals surface area (Å²) in [4.78, 5) is 23.8. The lowest BCUT2D eigenvalue weighted by molar-refractivity contribution is -0.136. The van der Waals surface area contributed by atoms with E-state index in [0.717, 1.165) is 11.1 Å². The van der Waals surface area contributed by atoms with Crippen LogP contribution >= 0.6 is 0 Å². The number of carbonyl (C=O) groups excluding carboxylic acids is 2. The SMILES string of the molecule is COc1ccc(C)cc1NC(=O)C(=O)NCCc1ccc(O)cc1. The summed E-state index contributed by atoms with van der Waals surface area (Å²) in [6, 6.07) is 12.0. The summed E-state index contributed by atoms with van der Waals surface area (Å²) in [5.41, 5.74) is 2.35. The molecule has 6 heteroatoms. The summed E-state index contributed by atoms with van der Waals surface area (Å²) in [5.74, 6) is -0.776. The predicted octanol–water partition coefficient (Wildman–Crippen LogP) is 2.01. The average Bonchev–Trinajstić information content (AvgIpc) is 2.56. The second-order valence-corrected chi connectivity index (χ2v) is 5.33. The lowest BCUT2D eigenvalue weighted by atomic mass is 10.1. The first kappa shape index (κ1) is 17.3.